The molecule has 1 aromatic carbocycles. The molecule has 0 aliphatic rings. The summed E-state index contributed by atoms with van der Waals surface area (Å²) < 4.78 is 0. The highest BCUT2D eigenvalue weighted by Gasteiger charge is 2.26. The van der Waals surface area contributed by atoms with Crippen LogP contribution in [0.1, 0.15) is 31.9 Å². The van der Waals surface area contributed by atoms with Crippen molar-refractivity contribution in [3.63, 3.8) is 0 Å². The third-order valence-electron chi connectivity index (χ3n) is 3.22. The van der Waals surface area contributed by atoms with Crippen molar-refractivity contribution in [2.45, 2.75) is 32.2 Å². The van der Waals surface area contributed by atoms with Gasteiger partial charge in [-0.1, -0.05) is 30.7 Å². The van der Waals surface area contributed by atoms with Crippen molar-refractivity contribution in [3.8, 4) is 6.07 Å². The summed E-state index contributed by atoms with van der Waals surface area (Å²) in [7, 11) is 0. The quantitative estimate of drug-likeness (QED) is 0.942. The van der Waals surface area contributed by atoms with E-state index in [0.717, 1.165) is 6.42 Å². The van der Waals surface area contributed by atoms with E-state index in [-0.39, 0.29) is 16.9 Å². The van der Waals surface area contributed by atoms with Gasteiger partial charge in [-0.25, -0.2) is 9.97 Å². The second-order valence-corrected chi connectivity index (χ2v) is 5.13. The predicted molar refractivity (Wildman–Crippen MR) is 80.8 cm³/mol. The van der Waals surface area contributed by atoms with Crippen molar-refractivity contribution in [2.24, 2.45) is 0 Å². The summed E-state index contributed by atoms with van der Waals surface area (Å²) in [6, 6.07) is 9.12. The van der Waals surface area contributed by atoms with Crippen LogP contribution in [0.5, 0.6) is 0 Å². The molecule has 0 aliphatic heterocycles. The highest BCUT2D eigenvalue weighted by molar-refractivity contribution is 6.30. The van der Waals surface area contributed by atoms with Crippen molar-refractivity contribution in [1.82, 2.24) is 15.3 Å². The minimum Gasteiger partial charge on any atom is -0.352 e. The van der Waals surface area contributed by atoms with Crippen molar-refractivity contribution < 1.29 is 4.79 Å². The Morgan fingerprint density at radius 1 is 1.38 bits per heavy atom. The molecule has 1 amide bonds. The predicted octanol–water partition coefficient (Wildman–Crippen LogP) is 2.81. The summed E-state index contributed by atoms with van der Waals surface area (Å²) in [5, 5.41) is 12.1. The average molecular weight is 303 g/mol. The maximum absolute atomic E-state index is 12.2. The number of nitrogens with zero attached hydrogens (tertiary/aromatic N) is 3. The van der Waals surface area contributed by atoms with Gasteiger partial charge in [0, 0.05) is 6.04 Å². The van der Waals surface area contributed by atoms with Crippen molar-refractivity contribution in [1.29, 1.82) is 5.26 Å². The topological polar surface area (TPSA) is 78.7 Å². The van der Waals surface area contributed by atoms with Gasteiger partial charge in [0.15, 0.2) is 11.1 Å². The van der Waals surface area contributed by atoms with Gasteiger partial charge in [-0.05, 0) is 25.5 Å². The van der Waals surface area contributed by atoms with Crippen LogP contribution >= 0.6 is 11.6 Å². The van der Waals surface area contributed by atoms with Crippen LogP contribution in [0.15, 0.2) is 24.3 Å². The van der Waals surface area contributed by atoms with Crippen LogP contribution in [-0.2, 0) is 4.79 Å². The van der Waals surface area contributed by atoms with E-state index in [1.54, 1.807) is 12.1 Å². The van der Waals surface area contributed by atoms with Crippen molar-refractivity contribution in [3.05, 3.63) is 35.1 Å². The Labute approximate surface area is 128 Å². The van der Waals surface area contributed by atoms with Crippen molar-refractivity contribution in [2.75, 3.05) is 0 Å². The largest absolute Gasteiger partial charge is 0.352 e. The Bertz CT molecular complexity index is 710. The Morgan fingerprint density at radius 3 is 2.57 bits per heavy atom. The molecular formula is C15H15ClN4O. The lowest BCUT2D eigenvalue weighted by Crippen LogP contribution is -2.36. The van der Waals surface area contributed by atoms with Crippen LogP contribution in [0.2, 0.25) is 5.15 Å². The molecule has 0 saturated heterocycles. The second-order valence-electron chi connectivity index (χ2n) is 4.77. The number of hydrogen-bond acceptors (Lipinski definition) is 4. The highest BCUT2D eigenvalue weighted by Crippen LogP contribution is 2.24. The summed E-state index contributed by atoms with van der Waals surface area (Å²) >= 11 is 6.09. The molecule has 21 heavy (non-hydrogen) atoms. The van der Waals surface area contributed by atoms with E-state index in [0.29, 0.717) is 11.0 Å². The zero-order valence-corrected chi connectivity index (χ0v) is 12.6. The maximum atomic E-state index is 12.2. The van der Waals surface area contributed by atoms with Gasteiger partial charge < -0.3 is 5.32 Å². The fraction of sp³-hybridized carbons (Fsp3) is 0.333. The van der Waals surface area contributed by atoms with Gasteiger partial charge >= 0.3 is 0 Å². The van der Waals surface area contributed by atoms with Gasteiger partial charge in [0.05, 0.1) is 17.1 Å². The molecule has 6 heteroatoms. The first-order valence-electron chi connectivity index (χ1n) is 6.69. The van der Waals surface area contributed by atoms with Gasteiger partial charge in [0.25, 0.3) is 0 Å². The summed E-state index contributed by atoms with van der Waals surface area (Å²) in [6.45, 7) is 3.83. The third kappa shape index (κ3) is 3.29. The van der Waals surface area contributed by atoms with Crippen LogP contribution in [0.25, 0.3) is 11.0 Å². The summed E-state index contributed by atoms with van der Waals surface area (Å²) in [6.07, 6.45) is 0.779. The van der Waals surface area contributed by atoms with Crippen LogP contribution in [-0.4, -0.2) is 21.9 Å². The van der Waals surface area contributed by atoms with Gasteiger partial charge in [-0.3, -0.25) is 4.79 Å². The first-order chi connectivity index (χ1) is 10.1. The lowest BCUT2D eigenvalue weighted by Gasteiger charge is -2.15. The monoisotopic (exact) mass is 302 g/mol. The van der Waals surface area contributed by atoms with Crippen LogP contribution in [0.3, 0.4) is 0 Å². The molecule has 0 saturated carbocycles. The van der Waals surface area contributed by atoms with E-state index in [4.69, 9.17) is 11.6 Å². The number of nitrogens with one attached hydrogen (secondary N) is 1. The van der Waals surface area contributed by atoms with Crippen molar-refractivity contribution >= 4 is 28.5 Å². The second kappa shape index (κ2) is 6.51. The first kappa shape index (κ1) is 15.2. The molecule has 0 fully saturated rings. The number of amides is 1. The summed E-state index contributed by atoms with van der Waals surface area (Å²) in [5.74, 6) is -1.47. The number of rotatable bonds is 4. The molecule has 2 rings (SSSR count). The normalized spacial score (nSPS) is 13.4. The number of nitriles is 1. The Balaban J connectivity index is 2.40. The number of aromatic nitrogens is 2. The molecule has 2 atom stereocenters. The molecular weight excluding hydrogens is 288 g/mol. The highest BCUT2D eigenvalue weighted by atomic mass is 35.5. The van der Waals surface area contributed by atoms with E-state index in [1.807, 2.05) is 32.0 Å². The van der Waals surface area contributed by atoms with Crippen LogP contribution in [0.4, 0.5) is 0 Å². The summed E-state index contributed by atoms with van der Waals surface area (Å²) in [5.41, 5.74) is 1.43. The Kier molecular flexibility index (Phi) is 4.71. The van der Waals surface area contributed by atoms with E-state index >= 15 is 0 Å². The number of carbonyl (C=O) groups is 1. The van der Waals surface area contributed by atoms with Gasteiger partial charge in [-0.15, -0.1) is 0 Å². The van der Waals surface area contributed by atoms with Crippen LogP contribution in [0, 0.1) is 11.3 Å². The zero-order chi connectivity index (χ0) is 15.4. The number of carbonyl (C=O) groups excluding carboxylic acids is 1. The smallest absolute Gasteiger partial charge is 0.243 e. The Hall–Kier alpha value is -2.19. The molecule has 1 aromatic heterocycles. The molecule has 0 bridgehead atoms. The average Bonchev–Trinajstić information content (AvgIpc) is 2.48. The van der Waals surface area contributed by atoms with Gasteiger partial charge in [0.2, 0.25) is 5.91 Å². The standard InChI is InChI=1S/C15H15ClN4O/c1-3-9(2)18-15(21)10(8-17)13-14(16)20-12-7-5-4-6-11(12)19-13/h4-7,9-10H,3H2,1-2H3,(H,18,21). The van der Waals surface area contributed by atoms with E-state index in [9.17, 15) is 10.1 Å². The van der Waals surface area contributed by atoms with Gasteiger partial charge in [-0.2, -0.15) is 5.26 Å². The Morgan fingerprint density at radius 2 is 2.00 bits per heavy atom. The van der Waals surface area contributed by atoms with Crippen LogP contribution < -0.4 is 5.32 Å². The fourth-order valence-electron chi connectivity index (χ4n) is 1.85. The maximum Gasteiger partial charge on any atom is 0.243 e. The fourth-order valence-corrected chi connectivity index (χ4v) is 2.09. The summed E-state index contributed by atoms with van der Waals surface area (Å²) in [4.78, 5) is 20.7. The molecule has 1 N–H and O–H groups in total. The number of benzene rings is 1. The number of hydrogen-bond donors (Lipinski definition) is 1. The number of halogens is 1. The molecule has 1 heterocycles. The lowest BCUT2D eigenvalue weighted by molar-refractivity contribution is -0.122. The SMILES string of the molecule is CCC(C)NC(=O)C(C#N)c1nc2ccccc2nc1Cl. The molecule has 0 aliphatic carbocycles. The minimum absolute atomic E-state index is 0.0134. The zero-order valence-electron chi connectivity index (χ0n) is 11.8. The minimum atomic E-state index is -1.07. The lowest BCUT2D eigenvalue weighted by atomic mass is 10.1. The van der Waals surface area contributed by atoms with E-state index in [2.05, 4.69) is 15.3 Å². The molecule has 0 radical (unpaired) electrons. The number of fused-ring (bicyclic) bond motifs is 1. The first-order valence-corrected chi connectivity index (χ1v) is 7.06. The third-order valence-corrected chi connectivity index (χ3v) is 3.50. The molecule has 2 unspecified atom stereocenters. The molecule has 5 nitrogen and oxygen atoms in total. The molecule has 108 valence electrons. The number of para-hydroxylation sites is 2. The molecule has 0 spiro atoms. The van der Waals surface area contributed by atoms with E-state index < -0.39 is 11.8 Å². The van der Waals surface area contributed by atoms with Gasteiger partial charge in [0.1, 0.15) is 5.69 Å². The molecule has 2 aromatic rings. The van der Waals surface area contributed by atoms with E-state index in [1.165, 1.54) is 0 Å².